The maximum Gasteiger partial charge on any atom is 0.328 e. The van der Waals surface area contributed by atoms with Crippen LogP contribution in [0, 0.1) is 0 Å². The van der Waals surface area contributed by atoms with Gasteiger partial charge in [0, 0.05) is 18.9 Å². The van der Waals surface area contributed by atoms with Gasteiger partial charge in [-0.25, -0.2) is 14.8 Å². The maximum atomic E-state index is 12.2. The second-order valence-electron chi connectivity index (χ2n) is 7.87. The molecule has 0 bridgehead atoms. The second kappa shape index (κ2) is 10.5. The van der Waals surface area contributed by atoms with Gasteiger partial charge in [0.15, 0.2) is 6.23 Å². The van der Waals surface area contributed by atoms with Crippen molar-refractivity contribution in [2.24, 2.45) is 0 Å². The highest BCUT2D eigenvalue weighted by Gasteiger charge is 2.44. The Morgan fingerprint density at radius 3 is 2.78 bits per heavy atom. The first-order valence-electron chi connectivity index (χ1n) is 10.3. The van der Waals surface area contributed by atoms with E-state index in [2.05, 4.69) is 15.3 Å². The van der Waals surface area contributed by atoms with Crippen LogP contribution in [-0.2, 0) is 19.1 Å². The molecular formula is C20H29N5O6S. The normalized spacial score (nSPS) is 24.1. The fourth-order valence-corrected chi connectivity index (χ4v) is 4.58. The van der Waals surface area contributed by atoms with Gasteiger partial charge in [-0.3, -0.25) is 4.79 Å². The summed E-state index contributed by atoms with van der Waals surface area (Å²) in [5.74, 6) is 0.422. The number of ether oxygens (including phenoxy) is 2. The topological polar surface area (TPSA) is 162 Å². The van der Waals surface area contributed by atoms with Crippen molar-refractivity contribution in [1.29, 1.82) is 0 Å². The number of carbonyl (C=O) groups is 2. The van der Waals surface area contributed by atoms with E-state index in [9.17, 15) is 19.8 Å². The zero-order chi connectivity index (χ0) is 23.4. The molecule has 0 aliphatic carbocycles. The smallest absolute Gasteiger partial charge is 0.328 e. The molecule has 0 saturated carbocycles. The second-order valence-corrected chi connectivity index (χ2v) is 9.02. The summed E-state index contributed by atoms with van der Waals surface area (Å²) in [6.45, 7) is 4.83. The molecule has 5 N–H and O–H groups in total. The molecule has 5 unspecified atom stereocenters. The number of hydrogen-bond donors (Lipinski definition) is 4. The van der Waals surface area contributed by atoms with E-state index in [0.717, 1.165) is 0 Å². The highest BCUT2D eigenvalue weighted by Crippen LogP contribution is 2.34. The Hall–Kier alpha value is -2.41. The summed E-state index contributed by atoms with van der Waals surface area (Å²) in [6.07, 6.45) is -0.601. The Kier molecular flexibility index (Phi) is 7.93. The number of fused-ring (bicyclic) bond motifs is 1. The minimum absolute atomic E-state index is 0.280. The molecule has 2 aromatic heterocycles. The largest absolute Gasteiger partial charge is 0.461 e. The lowest BCUT2D eigenvalue weighted by Crippen LogP contribution is -2.42. The van der Waals surface area contributed by atoms with Crippen LogP contribution in [0.2, 0.25) is 0 Å². The van der Waals surface area contributed by atoms with Crippen molar-refractivity contribution in [3.63, 3.8) is 0 Å². The monoisotopic (exact) mass is 467 g/mol. The molecule has 1 amide bonds. The van der Waals surface area contributed by atoms with Crippen LogP contribution in [0.15, 0.2) is 18.6 Å². The van der Waals surface area contributed by atoms with Crippen molar-refractivity contribution in [2.75, 3.05) is 17.2 Å². The van der Waals surface area contributed by atoms with E-state index in [1.54, 1.807) is 30.7 Å². The molecule has 32 heavy (non-hydrogen) atoms. The first-order valence-corrected chi connectivity index (χ1v) is 11.5. The predicted molar refractivity (Wildman–Crippen MR) is 119 cm³/mol. The van der Waals surface area contributed by atoms with Gasteiger partial charge < -0.3 is 35.3 Å². The number of nitrogens with one attached hydrogen (secondary N) is 1. The molecule has 3 heterocycles. The van der Waals surface area contributed by atoms with E-state index in [4.69, 9.17) is 15.2 Å². The minimum Gasteiger partial charge on any atom is -0.461 e. The third kappa shape index (κ3) is 5.49. The highest BCUT2D eigenvalue weighted by atomic mass is 32.2. The van der Waals surface area contributed by atoms with Crippen molar-refractivity contribution in [3.05, 3.63) is 18.6 Å². The minimum atomic E-state index is -1.15. The number of aliphatic hydroxyl groups excluding tert-OH is 2. The van der Waals surface area contributed by atoms with Gasteiger partial charge in [0.25, 0.3) is 0 Å². The lowest BCUT2D eigenvalue weighted by atomic mass is 10.1. The SMILES string of the molecule is CC(=O)NC(CCSCC1OC(n2ccc3c(N)ncnc32)C(O)C1O)C(=O)OC(C)C. The Balaban J connectivity index is 1.57. The molecular weight excluding hydrogens is 438 g/mol. The van der Waals surface area contributed by atoms with E-state index in [1.165, 1.54) is 25.0 Å². The van der Waals surface area contributed by atoms with Crippen LogP contribution in [0.5, 0.6) is 0 Å². The number of nitrogen functional groups attached to an aromatic ring is 1. The maximum absolute atomic E-state index is 12.2. The highest BCUT2D eigenvalue weighted by molar-refractivity contribution is 7.99. The third-order valence-corrected chi connectivity index (χ3v) is 6.09. The van der Waals surface area contributed by atoms with Crippen LogP contribution in [-0.4, -0.2) is 78.6 Å². The molecule has 1 aliphatic heterocycles. The molecule has 12 heteroatoms. The number of aromatic nitrogens is 3. The Morgan fingerprint density at radius 1 is 1.34 bits per heavy atom. The number of amides is 1. The molecule has 3 rings (SSSR count). The van der Waals surface area contributed by atoms with Gasteiger partial charge >= 0.3 is 5.97 Å². The molecule has 0 spiro atoms. The van der Waals surface area contributed by atoms with Gasteiger partial charge in [-0.2, -0.15) is 11.8 Å². The number of nitrogens with two attached hydrogens (primary N) is 1. The van der Waals surface area contributed by atoms with Crippen LogP contribution in [0.1, 0.15) is 33.4 Å². The summed E-state index contributed by atoms with van der Waals surface area (Å²) in [7, 11) is 0. The molecule has 0 radical (unpaired) electrons. The molecule has 1 fully saturated rings. The number of nitrogens with zero attached hydrogens (tertiary/aromatic N) is 3. The van der Waals surface area contributed by atoms with Crippen molar-refractivity contribution in [1.82, 2.24) is 19.9 Å². The van der Waals surface area contributed by atoms with E-state index in [1.807, 2.05) is 0 Å². The van der Waals surface area contributed by atoms with Crippen LogP contribution >= 0.6 is 11.8 Å². The number of rotatable bonds is 9. The quantitative estimate of drug-likeness (QED) is 0.296. The molecule has 176 valence electrons. The standard InChI is InChI=1S/C20H29N5O6S/c1-10(2)30-20(29)13(24-11(3)26)5-7-32-8-14-15(27)16(28)19(31-14)25-6-4-12-17(21)22-9-23-18(12)25/h4,6,9-10,13-16,19,27-28H,5,7-8H2,1-3H3,(H,24,26)(H2,21,22,23). The van der Waals surface area contributed by atoms with Gasteiger partial charge in [0.1, 0.15) is 36.0 Å². The van der Waals surface area contributed by atoms with Gasteiger partial charge in [-0.1, -0.05) is 0 Å². The molecule has 0 aromatic carbocycles. The van der Waals surface area contributed by atoms with Gasteiger partial charge in [-0.15, -0.1) is 0 Å². The molecule has 11 nitrogen and oxygen atoms in total. The molecule has 2 aromatic rings. The van der Waals surface area contributed by atoms with Crippen molar-refractivity contribution >= 4 is 40.5 Å². The molecule has 1 saturated heterocycles. The fraction of sp³-hybridized carbons (Fsp3) is 0.600. The van der Waals surface area contributed by atoms with Crippen molar-refractivity contribution in [3.8, 4) is 0 Å². The average Bonchev–Trinajstić information content (AvgIpc) is 3.26. The van der Waals surface area contributed by atoms with E-state index in [0.29, 0.717) is 34.8 Å². The Morgan fingerprint density at radius 2 is 2.09 bits per heavy atom. The number of esters is 1. The van der Waals surface area contributed by atoms with Crippen molar-refractivity contribution in [2.45, 2.75) is 63.9 Å². The first-order chi connectivity index (χ1) is 15.2. The number of thioether (sulfide) groups is 1. The summed E-state index contributed by atoms with van der Waals surface area (Å²) in [5, 5.41) is 24.3. The summed E-state index contributed by atoms with van der Waals surface area (Å²) in [4.78, 5) is 31.7. The van der Waals surface area contributed by atoms with Crippen molar-refractivity contribution < 1.29 is 29.3 Å². The predicted octanol–water partition coefficient (Wildman–Crippen LogP) is 0.212. The van der Waals surface area contributed by atoms with Crippen LogP contribution in [0.4, 0.5) is 5.82 Å². The number of hydrogen-bond acceptors (Lipinski definition) is 10. The third-order valence-electron chi connectivity index (χ3n) is 5.00. The lowest BCUT2D eigenvalue weighted by molar-refractivity contribution is -0.151. The Bertz CT molecular complexity index is 954. The van der Waals surface area contributed by atoms with E-state index >= 15 is 0 Å². The van der Waals surface area contributed by atoms with Gasteiger partial charge in [0.05, 0.1) is 17.6 Å². The van der Waals surface area contributed by atoms with Gasteiger partial charge in [-0.05, 0) is 32.1 Å². The van der Waals surface area contributed by atoms with Crippen LogP contribution < -0.4 is 11.1 Å². The fourth-order valence-electron chi connectivity index (χ4n) is 3.50. The molecule has 5 atom stereocenters. The summed E-state index contributed by atoms with van der Waals surface area (Å²) < 4.78 is 12.7. The average molecular weight is 468 g/mol. The number of anilines is 1. The summed E-state index contributed by atoms with van der Waals surface area (Å²) in [6, 6.07) is 0.986. The zero-order valence-electron chi connectivity index (χ0n) is 18.2. The molecule has 1 aliphatic rings. The zero-order valence-corrected chi connectivity index (χ0v) is 19.0. The first kappa shape index (κ1) is 24.2. The number of carbonyl (C=O) groups excluding carboxylic acids is 2. The van der Waals surface area contributed by atoms with E-state index in [-0.39, 0.29) is 12.0 Å². The van der Waals surface area contributed by atoms with Crippen LogP contribution in [0.3, 0.4) is 0 Å². The summed E-state index contributed by atoms with van der Waals surface area (Å²) >= 11 is 1.44. The number of aliphatic hydroxyl groups is 2. The van der Waals surface area contributed by atoms with Crippen LogP contribution in [0.25, 0.3) is 11.0 Å². The Labute approximate surface area is 189 Å². The summed E-state index contributed by atoms with van der Waals surface area (Å²) in [5.41, 5.74) is 6.36. The lowest BCUT2D eigenvalue weighted by Gasteiger charge is -2.19. The van der Waals surface area contributed by atoms with Gasteiger partial charge in [0.2, 0.25) is 5.91 Å². The van der Waals surface area contributed by atoms with E-state index < -0.39 is 36.6 Å².